The molecule has 0 aliphatic heterocycles. The third-order valence-corrected chi connectivity index (χ3v) is 9.54. The molecule has 0 heterocycles. The minimum atomic E-state index is -1.40. The number of phenols is 4. The van der Waals surface area contributed by atoms with Crippen molar-refractivity contribution >= 4 is 5.97 Å². The van der Waals surface area contributed by atoms with E-state index in [4.69, 9.17) is 4.74 Å². The smallest absolute Gasteiger partial charge is 0.326 e. The quantitative estimate of drug-likeness (QED) is 0.0622. The molecule has 0 saturated carbocycles. The second-order valence-electron chi connectivity index (χ2n) is 13.3. The Balaban J connectivity index is 2.10. The first kappa shape index (κ1) is 37.4. The number of ether oxygens (including phenoxy) is 1. The predicted octanol–water partition coefficient (Wildman–Crippen LogP) is 10.0. The zero-order chi connectivity index (χ0) is 35.4. The molecule has 0 aliphatic rings. The predicted molar refractivity (Wildman–Crippen MR) is 197 cm³/mol. The first-order valence-electron chi connectivity index (χ1n) is 18.2. The average Bonchev–Trinajstić information content (AvgIpc) is 3.09. The molecule has 6 nitrogen and oxygen atoms in total. The normalized spacial score (nSPS) is 11.5. The van der Waals surface area contributed by atoms with Crippen LogP contribution in [0.2, 0.25) is 0 Å². The van der Waals surface area contributed by atoms with Crippen molar-refractivity contribution in [3.8, 4) is 28.7 Å². The molecule has 0 unspecified atom stereocenters. The van der Waals surface area contributed by atoms with Gasteiger partial charge in [0.2, 0.25) is 0 Å². The standard InChI is InChI=1S/C43H54O6/c1-5-9-13-30-25-35(44)18-17-34(30)29-43(39-22-19-36(45)26-31(39)14-10-6-2,40-23-20-37(46)27-32(40)15-11-7-3)42(48)49-41-24-21-38(47)28-33(41)16-12-8-4/h17-28,44-47H,5-16,29H2,1-4H3. The van der Waals surface area contributed by atoms with Gasteiger partial charge < -0.3 is 25.2 Å². The van der Waals surface area contributed by atoms with E-state index in [1.165, 1.54) is 0 Å². The molecular formula is C43H54O6. The van der Waals surface area contributed by atoms with Crippen molar-refractivity contribution < 1.29 is 30.0 Å². The molecule has 0 spiro atoms. The molecule has 262 valence electrons. The third-order valence-electron chi connectivity index (χ3n) is 9.54. The van der Waals surface area contributed by atoms with Crippen molar-refractivity contribution in [2.75, 3.05) is 0 Å². The van der Waals surface area contributed by atoms with Crippen LogP contribution in [0.4, 0.5) is 0 Å². The van der Waals surface area contributed by atoms with E-state index in [0.717, 1.165) is 96.7 Å². The van der Waals surface area contributed by atoms with Gasteiger partial charge in [-0.05, 0) is 151 Å². The molecule has 6 heteroatoms. The highest BCUT2D eigenvalue weighted by molar-refractivity contribution is 5.91. The van der Waals surface area contributed by atoms with Crippen LogP contribution in [-0.2, 0) is 42.3 Å². The van der Waals surface area contributed by atoms with Crippen LogP contribution in [0.3, 0.4) is 0 Å². The van der Waals surface area contributed by atoms with E-state index < -0.39 is 11.4 Å². The van der Waals surface area contributed by atoms with Crippen molar-refractivity contribution in [3.63, 3.8) is 0 Å². The number of hydrogen-bond donors (Lipinski definition) is 4. The van der Waals surface area contributed by atoms with Crippen LogP contribution in [0.25, 0.3) is 0 Å². The van der Waals surface area contributed by atoms with Gasteiger partial charge in [-0.15, -0.1) is 0 Å². The van der Waals surface area contributed by atoms with Crippen LogP contribution in [0.1, 0.15) is 118 Å². The Labute approximate surface area is 292 Å². The molecule has 4 aromatic carbocycles. The molecule has 0 fully saturated rings. The van der Waals surface area contributed by atoms with E-state index in [1.807, 2.05) is 18.2 Å². The van der Waals surface area contributed by atoms with E-state index >= 15 is 4.79 Å². The number of rotatable bonds is 18. The van der Waals surface area contributed by atoms with Crippen LogP contribution in [0.5, 0.6) is 28.7 Å². The molecule has 4 N–H and O–H groups in total. The third kappa shape index (κ3) is 9.17. The van der Waals surface area contributed by atoms with Gasteiger partial charge in [-0.2, -0.15) is 0 Å². The van der Waals surface area contributed by atoms with Gasteiger partial charge in [-0.25, -0.2) is 0 Å². The Morgan fingerprint density at radius 2 is 0.898 bits per heavy atom. The summed E-state index contributed by atoms with van der Waals surface area (Å²) in [6.07, 6.45) is 10.2. The summed E-state index contributed by atoms with van der Waals surface area (Å²) < 4.78 is 6.54. The van der Waals surface area contributed by atoms with Gasteiger partial charge >= 0.3 is 5.97 Å². The van der Waals surface area contributed by atoms with E-state index in [1.54, 1.807) is 54.6 Å². The minimum Gasteiger partial charge on any atom is -0.508 e. The highest BCUT2D eigenvalue weighted by atomic mass is 16.5. The van der Waals surface area contributed by atoms with Crippen LogP contribution in [0.15, 0.2) is 72.8 Å². The summed E-state index contributed by atoms with van der Waals surface area (Å²) in [4.78, 5) is 15.5. The first-order chi connectivity index (χ1) is 23.7. The van der Waals surface area contributed by atoms with E-state index in [2.05, 4.69) is 27.7 Å². The maximum atomic E-state index is 15.5. The summed E-state index contributed by atoms with van der Waals surface area (Å²) in [7, 11) is 0. The second-order valence-corrected chi connectivity index (χ2v) is 13.3. The Morgan fingerprint density at radius 1 is 0.510 bits per heavy atom. The van der Waals surface area contributed by atoms with Crippen LogP contribution < -0.4 is 4.74 Å². The van der Waals surface area contributed by atoms with Gasteiger partial charge in [0.1, 0.15) is 34.2 Å². The maximum Gasteiger partial charge on any atom is 0.326 e. The molecule has 4 rings (SSSR count). The summed E-state index contributed by atoms with van der Waals surface area (Å²) in [6, 6.07) is 20.8. The number of unbranched alkanes of at least 4 members (excludes halogenated alkanes) is 4. The maximum absolute atomic E-state index is 15.5. The zero-order valence-corrected chi connectivity index (χ0v) is 29.7. The SMILES string of the molecule is CCCCc1cc(O)ccc1CC(C(=O)Oc1ccc(O)cc1CCCC)(c1ccc(O)cc1CCCC)c1ccc(O)cc1CCCC. The Morgan fingerprint density at radius 3 is 1.39 bits per heavy atom. The van der Waals surface area contributed by atoms with E-state index in [0.29, 0.717) is 25.0 Å². The molecular weight excluding hydrogens is 612 g/mol. The summed E-state index contributed by atoms with van der Waals surface area (Å²) >= 11 is 0. The van der Waals surface area contributed by atoms with Gasteiger partial charge in [0.25, 0.3) is 0 Å². The number of aryl methyl sites for hydroxylation is 4. The summed E-state index contributed by atoms with van der Waals surface area (Å²) in [6.45, 7) is 8.46. The molecule has 0 atom stereocenters. The fraction of sp³-hybridized carbons (Fsp3) is 0.419. The van der Waals surface area contributed by atoms with Crippen molar-refractivity contribution in [1.82, 2.24) is 0 Å². The second kappa shape index (κ2) is 17.8. The van der Waals surface area contributed by atoms with Gasteiger partial charge in [0.05, 0.1) is 0 Å². The van der Waals surface area contributed by atoms with Gasteiger partial charge in [0, 0.05) is 0 Å². The molecule has 0 bridgehead atoms. The Bertz CT molecular complexity index is 1630. The number of aromatic hydroxyl groups is 4. The van der Waals surface area contributed by atoms with Crippen molar-refractivity contribution in [2.45, 2.75) is 117 Å². The first-order valence-corrected chi connectivity index (χ1v) is 18.2. The number of carbonyl (C=O) groups excluding carboxylic acids is 1. The number of benzene rings is 4. The van der Waals surface area contributed by atoms with Gasteiger partial charge in [0.15, 0.2) is 0 Å². The topological polar surface area (TPSA) is 107 Å². The Kier molecular flexibility index (Phi) is 13.6. The van der Waals surface area contributed by atoms with Crippen LogP contribution in [0, 0.1) is 0 Å². The lowest BCUT2D eigenvalue weighted by Crippen LogP contribution is -2.44. The highest BCUT2D eigenvalue weighted by Gasteiger charge is 2.47. The zero-order valence-electron chi connectivity index (χ0n) is 29.7. The molecule has 49 heavy (non-hydrogen) atoms. The fourth-order valence-electron chi connectivity index (χ4n) is 6.85. The molecule has 4 aromatic rings. The van der Waals surface area contributed by atoms with Gasteiger partial charge in [-0.3, -0.25) is 4.79 Å². The van der Waals surface area contributed by atoms with Crippen LogP contribution in [-0.4, -0.2) is 26.4 Å². The van der Waals surface area contributed by atoms with Gasteiger partial charge in [-0.1, -0.05) is 71.6 Å². The largest absolute Gasteiger partial charge is 0.508 e. The minimum absolute atomic E-state index is 0.114. The highest BCUT2D eigenvalue weighted by Crippen LogP contribution is 2.45. The van der Waals surface area contributed by atoms with Crippen molar-refractivity contribution in [2.24, 2.45) is 0 Å². The molecule has 0 aliphatic carbocycles. The van der Waals surface area contributed by atoms with Crippen LogP contribution >= 0.6 is 0 Å². The summed E-state index contributed by atoms with van der Waals surface area (Å²) in [5, 5.41) is 42.5. The Hall–Kier alpha value is -4.45. The fourth-order valence-corrected chi connectivity index (χ4v) is 6.85. The van der Waals surface area contributed by atoms with E-state index in [9.17, 15) is 20.4 Å². The lowest BCUT2D eigenvalue weighted by molar-refractivity contribution is -0.139. The van der Waals surface area contributed by atoms with Crippen molar-refractivity contribution in [3.05, 3.63) is 112 Å². The monoisotopic (exact) mass is 666 g/mol. The number of phenolic OH excluding ortho intramolecular Hbond substituents is 4. The average molecular weight is 667 g/mol. The lowest BCUT2D eigenvalue weighted by Gasteiger charge is -2.37. The number of hydrogen-bond acceptors (Lipinski definition) is 6. The summed E-state index contributed by atoms with van der Waals surface area (Å²) in [5.41, 5.74) is 4.46. The summed E-state index contributed by atoms with van der Waals surface area (Å²) in [5.74, 6) is 0.472. The molecule has 0 aromatic heterocycles. The lowest BCUT2D eigenvalue weighted by atomic mass is 9.66. The molecule has 0 radical (unpaired) electrons. The number of carbonyl (C=O) groups is 1. The molecule has 0 saturated heterocycles. The van der Waals surface area contributed by atoms with Crippen molar-refractivity contribution in [1.29, 1.82) is 0 Å². The number of esters is 1. The molecule has 0 amide bonds. The van der Waals surface area contributed by atoms with E-state index in [-0.39, 0.29) is 29.4 Å².